The minimum Gasteiger partial charge on any atom is -0.454 e. The van der Waals surface area contributed by atoms with Gasteiger partial charge in [0.25, 0.3) is 5.91 Å². The van der Waals surface area contributed by atoms with E-state index in [1.807, 2.05) is 0 Å². The molecule has 0 atom stereocenters. The van der Waals surface area contributed by atoms with E-state index in [1.165, 1.54) is 25.7 Å². The van der Waals surface area contributed by atoms with Gasteiger partial charge in [-0.05, 0) is 25.0 Å². The zero-order chi connectivity index (χ0) is 17.8. The van der Waals surface area contributed by atoms with E-state index in [1.54, 1.807) is 30.6 Å². The first kappa shape index (κ1) is 16.6. The third-order valence-electron chi connectivity index (χ3n) is 4.73. The van der Waals surface area contributed by atoms with E-state index in [0.29, 0.717) is 34.7 Å². The van der Waals surface area contributed by atoms with Gasteiger partial charge in [-0.3, -0.25) is 4.79 Å². The summed E-state index contributed by atoms with van der Waals surface area (Å²) >= 11 is 0. The van der Waals surface area contributed by atoms with Crippen LogP contribution in [0.25, 0.3) is 0 Å². The molecule has 7 nitrogen and oxygen atoms in total. The van der Waals surface area contributed by atoms with Gasteiger partial charge in [0.05, 0.1) is 5.56 Å². The lowest BCUT2D eigenvalue weighted by Gasteiger charge is -2.15. The molecule has 7 heteroatoms. The minimum atomic E-state index is -0.259. The van der Waals surface area contributed by atoms with Gasteiger partial charge in [-0.2, -0.15) is 0 Å². The number of nitrogens with zero attached hydrogens (tertiary/aromatic N) is 2. The number of anilines is 2. The zero-order valence-electron chi connectivity index (χ0n) is 14.5. The van der Waals surface area contributed by atoms with Crippen LogP contribution < -0.4 is 20.1 Å². The number of carbonyl (C=O) groups excluding carboxylic acids is 1. The van der Waals surface area contributed by atoms with E-state index >= 15 is 0 Å². The van der Waals surface area contributed by atoms with Gasteiger partial charge in [-0.25, -0.2) is 9.97 Å². The van der Waals surface area contributed by atoms with Crippen molar-refractivity contribution in [1.29, 1.82) is 0 Å². The molecule has 2 aliphatic rings. The lowest BCUT2D eigenvalue weighted by molar-refractivity contribution is 0.102. The minimum absolute atomic E-state index is 0.204. The number of rotatable bonds is 4. The molecule has 2 heterocycles. The van der Waals surface area contributed by atoms with E-state index in [2.05, 4.69) is 20.6 Å². The standard InChI is InChI=1S/C19H22N4O3/c24-18(22-15-7-8-16-17(9-15)26-12-25-16)13-10-20-19(21-11-13)23-14-5-3-1-2-4-6-14/h7-11,14H,1-6,12H2,(H,22,24)(H,20,21,23). The van der Waals surface area contributed by atoms with Crippen LogP contribution in [0.2, 0.25) is 0 Å². The molecule has 26 heavy (non-hydrogen) atoms. The maximum absolute atomic E-state index is 12.4. The second kappa shape index (κ2) is 7.59. The molecule has 136 valence electrons. The Labute approximate surface area is 152 Å². The fraction of sp³-hybridized carbons (Fsp3) is 0.421. The average Bonchev–Trinajstić information content (AvgIpc) is 2.97. The van der Waals surface area contributed by atoms with Crippen LogP contribution in [0.4, 0.5) is 11.6 Å². The highest BCUT2D eigenvalue weighted by Crippen LogP contribution is 2.34. The predicted molar refractivity (Wildman–Crippen MR) is 97.7 cm³/mol. The first-order valence-electron chi connectivity index (χ1n) is 9.07. The largest absolute Gasteiger partial charge is 0.454 e. The first-order valence-corrected chi connectivity index (χ1v) is 9.07. The predicted octanol–water partition coefficient (Wildman–Crippen LogP) is 3.59. The SMILES string of the molecule is O=C(Nc1ccc2c(c1)OCO2)c1cnc(NC2CCCCCC2)nc1. The molecular formula is C19H22N4O3. The summed E-state index contributed by atoms with van der Waals surface area (Å²) in [7, 11) is 0. The van der Waals surface area contributed by atoms with Crippen LogP contribution in [-0.4, -0.2) is 28.7 Å². The number of hydrogen-bond acceptors (Lipinski definition) is 6. The van der Waals surface area contributed by atoms with Crippen LogP contribution in [-0.2, 0) is 0 Å². The molecule has 0 spiro atoms. The summed E-state index contributed by atoms with van der Waals surface area (Å²) in [4.78, 5) is 21.0. The van der Waals surface area contributed by atoms with Crippen molar-refractivity contribution in [3.05, 3.63) is 36.2 Å². The van der Waals surface area contributed by atoms with Gasteiger partial charge in [0.1, 0.15) is 0 Å². The average molecular weight is 354 g/mol. The fourth-order valence-electron chi connectivity index (χ4n) is 3.30. The summed E-state index contributed by atoms with van der Waals surface area (Å²) in [5.74, 6) is 1.63. The van der Waals surface area contributed by atoms with Crippen LogP contribution in [0.15, 0.2) is 30.6 Å². The molecule has 1 saturated carbocycles. The molecule has 0 saturated heterocycles. The van der Waals surface area contributed by atoms with Gasteiger partial charge >= 0.3 is 0 Å². The lowest BCUT2D eigenvalue weighted by atomic mass is 10.1. The Bertz CT molecular complexity index is 771. The highest BCUT2D eigenvalue weighted by Gasteiger charge is 2.16. The molecule has 0 unspecified atom stereocenters. The quantitative estimate of drug-likeness (QED) is 0.816. The molecule has 1 aliphatic heterocycles. The van der Waals surface area contributed by atoms with E-state index in [0.717, 1.165) is 12.8 Å². The Hall–Kier alpha value is -2.83. The lowest BCUT2D eigenvalue weighted by Crippen LogP contribution is -2.20. The Morgan fingerprint density at radius 3 is 2.50 bits per heavy atom. The number of carbonyl (C=O) groups is 1. The van der Waals surface area contributed by atoms with Crippen LogP contribution in [0.3, 0.4) is 0 Å². The third kappa shape index (κ3) is 3.87. The maximum atomic E-state index is 12.4. The molecule has 2 N–H and O–H groups in total. The molecule has 0 bridgehead atoms. The van der Waals surface area contributed by atoms with Gasteiger partial charge in [0, 0.05) is 30.2 Å². The summed E-state index contributed by atoms with van der Waals surface area (Å²) in [5, 5.41) is 6.20. The smallest absolute Gasteiger partial charge is 0.258 e. The van der Waals surface area contributed by atoms with Gasteiger partial charge in [-0.15, -0.1) is 0 Å². The third-order valence-corrected chi connectivity index (χ3v) is 4.73. The summed E-state index contributed by atoms with van der Waals surface area (Å²) in [6.45, 7) is 0.204. The van der Waals surface area contributed by atoms with Crippen LogP contribution in [0, 0.1) is 0 Å². The molecule has 1 aromatic carbocycles. The number of benzene rings is 1. The normalized spacial score (nSPS) is 16.8. The van der Waals surface area contributed by atoms with Crippen molar-refractivity contribution >= 4 is 17.5 Å². The van der Waals surface area contributed by atoms with Gasteiger partial charge < -0.3 is 20.1 Å². The topological polar surface area (TPSA) is 85.4 Å². The summed E-state index contributed by atoms with van der Waals surface area (Å²) in [6.07, 6.45) is 10.5. The second-order valence-corrected chi connectivity index (χ2v) is 6.65. The van der Waals surface area contributed by atoms with E-state index < -0.39 is 0 Å². The van der Waals surface area contributed by atoms with E-state index in [9.17, 15) is 4.79 Å². The summed E-state index contributed by atoms with van der Waals surface area (Å²) in [5.41, 5.74) is 1.05. The van der Waals surface area contributed by atoms with Crippen molar-refractivity contribution in [3.8, 4) is 11.5 Å². The Kier molecular flexibility index (Phi) is 4.86. The van der Waals surface area contributed by atoms with Gasteiger partial charge in [0.15, 0.2) is 11.5 Å². The number of amides is 1. The number of aromatic nitrogens is 2. The number of ether oxygens (including phenoxy) is 2. The van der Waals surface area contributed by atoms with Crippen molar-refractivity contribution in [1.82, 2.24) is 9.97 Å². The molecule has 1 amide bonds. The molecule has 1 fully saturated rings. The maximum Gasteiger partial charge on any atom is 0.258 e. The molecule has 4 rings (SSSR count). The fourth-order valence-corrected chi connectivity index (χ4v) is 3.30. The summed E-state index contributed by atoms with van der Waals surface area (Å²) < 4.78 is 10.6. The van der Waals surface area contributed by atoms with E-state index in [4.69, 9.17) is 9.47 Å². The van der Waals surface area contributed by atoms with Crippen molar-refractivity contribution in [2.45, 2.75) is 44.6 Å². The molecule has 1 aliphatic carbocycles. The number of nitrogens with one attached hydrogen (secondary N) is 2. The Balaban J connectivity index is 1.37. The van der Waals surface area contributed by atoms with E-state index in [-0.39, 0.29) is 12.7 Å². The Morgan fingerprint density at radius 2 is 1.73 bits per heavy atom. The van der Waals surface area contributed by atoms with Crippen molar-refractivity contribution in [3.63, 3.8) is 0 Å². The Morgan fingerprint density at radius 1 is 1.00 bits per heavy atom. The first-order chi connectivity index (χ1) is 12.8. The van der Waals surface area contributed by atoms with Crippen LogP contribution in [0.5, 0.6) is 11.5 Å². The van der Waals surface area contributed by atoms with Gasteiger partial charge in [0.2, 0.25) is 12.7 Å². The number of hydrogen-bond donors (Lipinski definition) is 2. The van der Waals surface area contributed by atoms with Crippen molar-refractivity contribution in [2.24, 2.45) is 0 Å². The van der Waals surface area contributed by atoms with Crippen molar-refractivity contribution in [2.75, 3.05) is 17.4 Å². The summed E-state index contributed by atoms with van der Waals surface area (Å²) in [6, 6.07) is 5.71. The van der Waals surface area contributed by atoms with Crippen molar-refractivity contribution < 1.29 is 14.3 Å². The number of fused-ring (bicyclic) bond motifs is 1. The molecule has 0 radical (unpaired) electrons. The van der Waals surface area contributed by atoms with Gasteiger partial charge in [-0.1, -0.05) is 25.7 Å². The molecule has 1 aromatic heterocycles. The monoisotopic (exact) mass is 354 g/mol. The highest BCUT2D eigenvalue weighted by molar-refractivity contribution is 6.04. The second-order valence-electron chi connectivity index (χ2n) is 6.65. The highest BCUT2D eigenvalue weighted by atomic mass is 16.7. The van der Waals surface area contributed by atoms with Crippen LogP contribution in [0.1, 0.15) is 48.9 Å². The molecular weight excluding hydrogens is 332 g/mol. The van der Waals surface area contributed by atoms with Crippen LogP contribution >= 0.6 is 0 Å². The zero-order valence-corrected chi connectivity index (χ0v) is 14.5. The molecule has 2 aromatic rings.